The average molecular weight is 313 g/mol. The molecule has 0 aliphatic carbocycles. The first-order chi connectivity index (χ1) is 11.3. The molecule has 1 saturated heterocycles. The van der Waals surface area contributed by atoms with Gasteiger partial charge in [0.1, 0.15) is 12.0 Å². The summed E-state index contributed by atoms with van der Waals surface area (Å²) < 4.78 is 0. The van der Waals surface area contributed by atoms with Gasteiger partial charge in [0.05, 0.1) is 0 Å². The maximum atomic E-state index is 6.17. The Labute approximate surface area is 136 Å². The Hall–Kier alpha value is -2.41. The lowest BCUT2D eigenvalue weighted by atomic mass is 10.1. The number of hydrogen-bond acceptors (Lipinski definition) is 7. The highest BCUT2D eigenvalue weighted by atomic mass is 15.2. The van der Waals surface area contributed by atoms with Gasteiger partial charge in [-0.1, -0.05) is 6.42 Å². The van der Waals surface area contributed by atoms with E-state index in [0.717, 1.165) is 18.8 Å². The summed E-state index contributed by atoms with van der Waals surface area (Å²) in [6, 6.07) is 3.73. The van der Waals surface area contributed by atoms with Crippen molar-refractivity contribution < 1.29 is 0 Å². The smallest absolute Gasteiger partial charge is 0.159 e. The minimum atomic E-state index is 0.531. The van der Waals surface area contributed by atoms with E-state index in [1.54, 1.807) is 12.4 Å². The molecule has 0 radical (unpaired) electrons. The van der Waals surface area contributed by atoms with Crippen LogP contribution < -0.4 is 16.4 Å². The zero-order valence-electron chi connectivity index (χ0n) is 13.2. The highest BCUT2D eigenvalue weighted by Crippen LogP contribution is 2.25. The minimum absolute atomic E-state index is 0.531. The summed E-state index contributed by atoms with van der Waals surface area (Å²) in [7, 11) is 0. The van der Waals surface area contributed by atoms with Crippen molar-refractivity contribution in [2.45, 2.75) is 19.3 Å². The first kappa shape index (κ1) is 15.5. The third kappa shape index (κ3) is 4.29. The van der Waals surface area contributed by atoms with Crippen molar-refractivity contribution in [2.75, 3.05) is 42.5 Å². The van der Waals surface area contributed by atoms with Crippen LogP contribution in [0.25, 0.3) is 0 Å². The van der Waals surface area contributed by atoms with Gasteiger partial charge in [-0.05, 0) is 38.1 Å². The zero-order valence-corrected chi connectivity index (χ0v) is 13.2. The summed E-state index contributed by atoms with van der Waals surface area (Å²) in [5, 5.41) is 6.50. The number of nitrogens with one attached hydrogen (secondary N) is 2. The number of nitrogens with two attached hydrogens (primary N) is 1. The molecule has 1 fully saturated rings. The van der Waals surface area contributed by atoms with Crippen LogP contribution in [-0.4, -0.2) is 46.0 Å². The Kier molecular flexibility index (Phi) is 5.21. The van der Waals surface area contributed by atoms with Gasteiger partial charge in [-0.15, -0.1) is 0 Å². The third-order valence-corrected chi connectivity index (χ3v) is 4.00. The molecule has 7 heteroatoms. The number of aromatic nitrogens is 3. The molecule has 3 heterocycles. The molecule has 122 valence electrons. The Balaban J connectivity index is 1.58. The molecule has 0 amide bonds. The molecule has 0 saturated carbocycles. The molecule has 2 aromatic rings. The minimum Gasteiger partial charge on any atom is -0.393 e. The summed E-state index contributed by atoms with van der Waals surface area (Å²) in [5.74, 6) is 1.28. The fourth-order valence-electron chi connectivity index (χ4n) is 2.72. The van der Waals surface area contributed by atoms with Crippen LogP contribution in [0.4, 0.5) is 23.0 Å². The fraction of sp³-hybridized carbons (Fsp3) is 0.438. The normalized spacial score (nSPS) is 15.3. The molecule has 3 rings (SSSR count). The van der Waals surface area contributed by atoms with Gasteiger partial charge in [0.25, 0.3) is 0 Å². The number of nitrogens with zero attached hydrogens (tertiary/aromatic N) is 4. The highest BCUT2D eigenvalue weighted by molar-refractivity contribution is 5.77. The highest BCUT2D eigenvalue weighted by Gasteiger charge is 2.11. The van der Waals surface area contributed by atoms with E-state index in [1.165, 1.54) is 38.7 Å². The molecule has 2 aromatic heterocycles. The van der Waals surface area contributed by atoms with Gasteiger partial charge in [0.2, 0.25) is 0 Å². The van der Waals surface area contributed by atoms with Gasteiger partial charge in [-0.3, -0.25) is 4.98 Å². The van der Waals surface area contributed by atoms with E-state index in [1.807, 2.05) is 12.1 Å². The largest absolute Gasteiger partial charge is 0.393 e. The van der Waals surface area contributed by atoms with Crippen LogP contribution in [0.15, 0.2) is 30.9 Å². The lowest BCUT2D eigenvalue weighted by Gasteiger charge is -2.26. The first-order valence-electron chi connectivity index (χ1n) is 8.06. The molecule has 0 spiro atoms. The Morgan fingerprint density at radius 2 is 1.78 bits per heavy atom. The standard InChI is InChI=1S/C16H23N7/c17-14-15(19-8-11-23-9-2-1-3-10-23)20-12-21-16(14)22-13-4-6-18-7-5-13/h4-7,12H,1-3,8-11,17H2,(H2,18,19,20,21,22). The lowest BCUT2D eigenvalue weighted by molar-refractivity contribution is 0.237. The Morgan fingerprint density at radius 1 is 1.04 bits per heavy atom. The maximum absolute atomic E-state index is 6.17. The van der Waals surface area contributed by atoms with Crippen molar-refractivity contribution in [3.8, 4) is 0 Å². The van der Waals surface area contributed by atoms with E-state index in [2.05, 4.69) is 30.5 Å². The fourth-order valence-corrected chi connectivity index (χ4v) is 2.72. The summed E-state index contributed by atoms with van der Waals surface area (Å²) in [4.78, 5) is 14.9. The Bertz CT molecular complexity index is 611. The predicted octanol–water partition coefficient (Wildman–Crippen LogP) is 2.10. The molecule has 0 aromatic carbocycles. The van der Waals surface area contributed by atoms with Crippen LogP contribution in [0, 0.1) is 0 Å². The van der Waals surface area contributed by atoms with E-state index in [4.69, 9.17) is 5.73 Å². The molecule has 7 nitrogen and oxygen atoms in total. The van der Waals surface area contributed by atoms with E-state index < -0.39 is 0 Å². The maximum Gasteiger partial charge on any atom is 0.159 e. The molecular formula is C16H23N7. The van der Waals surface area contributed by atoms with Crippen LogP contribution in [0.3, 0.4) is 0 Å². The van der Waals surface area contributed by atoms with Crippen molar-refractivity contribution in [1.82, 2.24) is 19.9 Å². The quantitative estimate of drug-likeness (QED) is 0.752. The van der Waals surface area contributed by atoms with Gasteiger partial charge < -0.3 is 21.3 Å². The third-order valence-electron chi connectivity index (χ3n) is 4.00. The van der Waals surface area contributed by atoms with E-state index in [0.29, 0.717) is 17.3 Å². The number of pyridine rings is 1. The van der Waals surface area contributed by atoms with Crippen molar-refractivity contribution in [3.05, 3.63) is 30.9 Å². The zero-order chi connectivity index (χ0) is 15.9. The van der Waals surface area contributed by atoms with E-state index >= 15 is 0 Å². The van der Waals surface area contributed by atoms with Crippen LogP contribution in [0.5, 0.6) is 0 Å². The van der Waals surface area contributed by atoms with Crippen molar-refractivity contribution in [2.24, 2.45) is 0 Å². The second-order valence-electron chi connectivity index (χ2n) is 5.67. The summed E-state index contributed by atoms with van der Waals surface area (Å²) in [6.45, 7) is 4.22. The van der Waals surface area contributed by atoms with Crippen LogP contribution in [0.2, 0.25) is 0 Å². The molecular weight excluding hydrogens is 290 g/mol. The number of likely N-dealkylation sites (tertiary alicyclic amines) is 1. The second kappa shape index (κ2) is 7.73. The molecule has 0 unspecified atom stereocenters. The number of anilines is 4. The Morgan fingerprint density at radius 3 is 2.57 bits per heavy atom. The summed E-state index contributed by atoms with van der Waals surface area (Å²) in [5.41, 5.74) is 7.59. The van der Waals surface area contributed by atoms with Gasteiger partial charge in [-0.25, -0.2) is 9.97 Å². The van der Waals surface area contributed by atoms with E-state index in [9.17, 15) is 0 Å². The monoisotopic (exact) mass is 313 g/mol. The number of piperidine rings is 1. The second-order valence-corrected chi connectivity index (χ2v) is 5.67. The van der Waals surface area contributed by atoms with Crippen LogP contribution >= 0.6 is 0 Å². The van der Waals surface area contributed by atoms with Gasteiger partial charge in [0.15, 0.2) is 11.6 Å². The lowest BCUT2D eigenvalue weighted by Crippen LogP contribution is -2.33. The van der Waals surface area contributed by atoms with E-state index in [-0.39, 0.29) is 0 Å². The molecule has 0 atom stereocenters. The van der Waals surface area contributed by atoms with Crippen molar-refractivity contribution in [1.29, 1.82) is 0 Å². The first-order valence-corrected chi connectivity index (χ1v) is 8.06. The number of rotatable bonds is 6. The molecule has 1 aliphatic rings. The number of nitrogen functional groups attached to an aromatic ring is 1. The summed E-state index contributed by atoms with van der Waals surface area (Å²) in [6.07, 6.45) is 8.91. The molecule has 4 N–H and O–H groups in total. The van der Waals surface area contributed by atoms with Crippen LogP contribution in [-0.2, 0) is 0 Å². The van der Waals surface area contributed by atoms with Gasteiger partial charge in [0, 0.05) is 31.2 Å². The molecule has 23 heavy (non-hydrogen) atoms. The number of hydrogen-bond donors (Lipinski definition) is 3. The van der Waals surface area contributed by atoms with Crippen LogP contribution in [0.1, 0.15) is 19.3 Å². The van der Waals surface area contributed by atoms with Crippen molar-refractivity contribution in [3.63, 3.8) is 0 Å². The predicted molar refractivity (Wildman–Crippen MR) is 92.7 cm³/mol. The SMILES string of the molecule is Nc1c(NCCN2CCCCC2)ncnc1Nc1ccncc1. The van der Waals surface area contributed by atoms with Crippen molar-refractivity contribution >= 4 is 23.0 Å². The summed E-state index contributed by atoms with van der Waals surface area (Å²) >= 11 is 0. The topological polar surface area (TPSA) is 92.0 Å². The molecule has 0 bridgehead atoms. The van der Waals surface area contributed by atoms with Gasteiger partial charge in [-0.2, -0.15) is 0 Å². The molecule has 1 aliphatic heterocycles. The van der Waals surface area contributed by atoms with Gasteiger partial charge >= 0.3 is 0 Å². The average Bonchev–Trinajstić information content (AvgIpc) is 2.60.